The molecule has 1 aromatic heterocycles. The van der Waals surface area contributed by atoms with Gasteiger partial charge in [0.2, 0.25) is 15.9 Å². The number of sulfonamides is 1. The lowest BCUT2D eigenvalue weighted by atomic mass is 10.2. The van der Waals surface area contributed by atoms with Gasteiger partial charge in [-0.1, -0.05) is 0 Å². The molecule has 1 aliphatic heterocycles. The molecule has 1 unspecified atom stereocenters. The molecular formula is C18H19FN2O5S2. The van der Waals surface area contributed by atoms with Crippen molar-refractivity contribution >= 4 is 38.2 Å². The Morgan fingerprint density at radius 1 is 1.29 bits per heavy atom. The van der Waals surface area contributed by atoms with Crippen LogP contribution in [0.3, 0.4) is 0 Å². The van der Waals surface area contributed by atoms with E-state index in [1.54, 1.807) is 18.4 Å². The maximum atomic E-state index is 13.1. The molecule has 3 rings (SSSR count). The lowest BCUT2D eigenvalue weighted by Crippen LogP contribution is -2.43. The highest BCUT2D eigenvalue weighted by atomic mass is 32.2. The molecule has 1 saturated heterocycles. The van der Waals surface area contributed by atoms with E-state index in [-0.39, 0.29) is 23.6 Å². The fourth-order valence-corrected chi connectivity index (χ4v) is 5.44. The maximum Gasteiger partial charge on any atom is 0.341 e. The maximum absolute atomic E-state index is 13.1. The standard InChI is InChI=1S/C18H19FN2O5S2/c1-2-26-18(23)14-9-11-27-17(14)20-16(22)15-4-3-10-21(15)28(24,25)13-7-5-12(19)6-8-13/h5-9,11,15H,2-4,10H2,1H3,(H,20,22). The number of ether oxygens (including phenoxy) is 1. The predicted molar refractivity (Wildman–Crippen MR) is 102 cm³/mol. The second-order valence-electron chi connectivity index (χ2n) is 6.10. The molecule has 1 amide bonds. The van der Waals surface area contributed by atoms with Crippen molar-refractivity contribution in [1.29, 1.82) is 0 Å². The van der Waals surface area contributed by atoms with Crippen LogP contribution in [0.2, 0.25) is 0 Å². The largest absolute Gasteiger partial charge is 0.462 e. The lowest BCUT2D eigenvalue weighted by Gasteiger charge is -2.23. The minimum atomic E-state index is -3.95. The van der Waals surface area contributed by atoms with Gasteiger partial charge in [0.15, 0.2) is 0 Å². The van der Waals surface area contributed by atoms with Crippen molar-refractivity contribution in [2.75, 3.05) is 18.5 Å². The molecule has 28 heavy (non-hydrogen) atoms. The Balaban J connectivity index is 1.80. The number of nitrogens with one attached hydrogen (secondary N) is 1. The normalized spacial score (nSPS) is 17.4. The summed E-state index contributed by atoms with van der Waals surface area (Å²) in [6.07, 6.45) is 0.875. The van der Waals surface area contributed by atoms with Crippen LogP contribution in [0, 0.1) is 5.82 Å². The summed E-state index contributed by atoms with van der Waals surface area (Å²) in [4.78, 5) is 24.7. The Morgan fingerprint density at radius 3 is 2.68 bits per heavy atom. The minimum Gasteiger partial charge on any atom is -0.462 e. The second kappa shape index (κ2) is 8.38. The molecule has 0 bridgehead atoms. The average Bonchev–Trinajstić information content (AvgIpc) is 3.32. The van der Waals surface area contributed by atoms with Crippen molar-refractivity contribution in [3.8, 4) is 0 Å². The first-order valence-corrected chi connectivity index (χ1v) is 11.0. The molecule has 7 nitrogen and oxygen atoms in total. The van der Waals surface area contributed by atoms with Crippen LogP contribution in [0.4, 0.5) is 9.39 Å². The first-order chi connectivity index (χ1) is 13.3. The SMILES string of the molecule is CCOC(=O)c1ccsc1NC(=O)C1CCCN1S(=O)(=O)c1ccc(F)cc1. The molecule has 150 valence electrons. The third kappa shape index (κ3) is 4.08. The number of nitrogens with zero attached hydrogens (tertiary/aromatic N) is 1. The highest BCUT2D eigenvalue weighted by Gasteiger charge is 2.39. The zero-order valence-corrected chi connectivity index (χ0v) is 16.7. The molecule has 0 radical (unpaired) electrons. The van der Waals surface area contributed by atoms with Gasteiger partial charge < -0.3 is 10.1 Å². The first kappa shape index (κ1) is 20.4. The number of carbonyl (C=O) groups excluding carboxylic acids is 2. The molecule has 1 aliphatic rings. The molecule has 1 fully saturated rings. The Bertz CT molecular complexity index is 972. The third-order valence-electron chi connectivity index (χ3n) is 4.32. The minimum absolute atomic E-state index is 0.0723. The summed E-state index contributed by atoms with van der Waals surface area (Å²) >= 11 is 1.16. The number of carbonyl (C=O) groups is 2. The lowest BCUT2D eigenvalue weighted by molar-refractivity contribution is -0.119. The van der Waals surface area contributed by atoms with Crippen LogP contribution in [0.5, 0.6) is 0 Å². The van der Waals surface area contributed by atoms with Crippen LogP contribution >= 0.6 is 11.3 Å². The summed E-state index contributed by atoms with van der Waals surface area (Å²) < 4.78 is 44.9. The van der Waals surface area contributed by atoms with Gasteiger partial charge in [-0.25, -0.2) is 17.6 Å². The van der Waals surface area contributed by atoms with Crippen molar-refractivity contribution < 1.29 is 27.1 Å². The predicted octanol–water partition coefficient (Wildman–Crippen LogP) is 2.86. The van der Waals surface area contributed by atoms with Crippen molar-refractivity contribution in [3.05, 3.63) is 47.1 Å². The number of anilines is 1. The van der Waals surface area contributed by atoms with Crippen molar-refractivity contribution in [2.24, 2.45) is 0 Å². The van der Waals surface area contributed by atoms with E-state index in [9.17, 15) is 22.4 Å². The van der Waals surface area contributed by atoms with Gasteiger partial charge in [-0.3, -0.25) is 4.79 Å². The van der Waals surface area contributed by atoms with E-state index in [1.165, 1.54) is 12.1 Å². The van der Waals surface area contributed by atoms with Gasteiger partial charge in [-0.05, 0) is 55.5 Å². The summed E-state index contributed by atoms with van der Waals surface area (Å²) in [6.45, 7) is 2.07. The smallest absolute Gasteiger partial charge is 0.341 e. The Labute approximate surface area is 166 Å². The number of rotatable bonds is 6. The molecule has 0 saturated carbocycles. The molecule has 1 atom stereocenters. The van der Waals surface area contributed by atoms with Crippen molar-refractivity contribution in [2.45, 2.75) is 30.7 Å². The zero-order chi connectivity index (χ0) is 20.3. The molecule has 2 aromatic rings. The van der Waals surface area contributed by atoms with E-state index in [0.29, 0.717) is 17.8 Å². The van der Waals surface area contributed by atoms with Gasteiger partial charge in [0.1, 0.15) is 16.9 Å². The van der Waals surface area contributed by atoms with E-state index in [1.807, 2.05) is 0 Å². The van der Waals surface area contributed by atoms with Crippen LogP contribution in [0.1, 0.15) is 30.1 Å². The van der Waals surface area contributed by atoms with E-state index in [4.69, 9.17) is 4.74 Å². The molecule has 0 spiro atoms. The summed E-state index contributed by atoms with van der Waals surface area (Å²) in [7, 11) is -3.95. The number of amides is 1. The summed E-state index contributed by atoms with van der Waals surface area (Å²) in [6, 6.07) is 5.11. The number of hydrogen-bond donors (Lipinski definition) is 1. The average molecular weight is 426 g/mol. The molecular weight excluding hydrogens is 407 g/mol. The van der Waals surface area contributed by atoms with Crippen LogP contribution < -0.4 is 5.32 Å². The third-order valence-corrected chi connectivity index (χ3v) is 7.08. The van der Waals surface area contributed by atoms with Gasteiger partial charge >= 0.3 is 5.97 Å². The second-order valence-corrected chi connectivity index (χ2v) is 8.91. The Morgan fingerprint density at radius 2 is 2.00 bits per heavy atom. The van der Waals surface area contributed by atoms with E-state index >= 15 is 0 Å². The number of thiophene rings is 1. The Kier molecular flexibility index (Phi) is 6.11. The monoisotopic (exact) mass is 426 g/mol. The van der Waals surface area contributed by atoms with E-state index in [0.717, 1.165) is 27.8 Å². The zero-order valence-electron chi connectivity index (χ0n) is 15.1. The summed E-state index contributed by atoms with van der Waals surface area (Å²) in [5.74, 6) is -1.61. The van der Waals surface area contributed by atoms with E-state index < -0.39 is 33.8 Å². The van der Waals surface area contributed by atoms with Crippen LogP contribution in [0.15, 0.2) is 40.6 Å². The van der Waals surface area contributed by atoms with Crippen molar-refractivity contribution in [3.63, 3.8) is 0 Å². The van der Waals surface area contributed by atoms with Crippen LogP contribution in [0.25, 0.3) is 0 Å². The fraction of sp³-hybridized carbons (Fsp3) is 0.333. The number of esters is 1. The van der Waals surface area contributed by atoms with E-state index in [2.05, 4.69) is 5.32 Å². The van der Waals surface area contributed by atoms with Gasteiger partial charge in [0, 0.05) is 6.54 Å². The van der Waals surface area contributed by atoms with Crippen molar-refractivity contribution in [1.82, 2.24) is 4.31 Å². The summed E-state index contributed by atoms with van der Waals surface area (Å²) in [5.41, 5.74) is 0.228. The molecule has 0 aliphatic carbocycles. The topological polar surface area (TPSA) is 92.8 Å². The number of benzene rings is 1. The van der Waals surface area contributed by atoms with Crippen LogP contribution in [-0.4, -0.2) is 43.8 Å². The van der Waals surface area contributed by atoms with Crippen LogP contribution in [-0.2, 0) is 19.6 Å². The Hall–Kier alpha value is -2.30. The molecule has 1 aromatic carbocycles. The number of hydrogen-bond acceptors (Lipinski definition) is 6. The van der Waals surface area contributed by atoms with Gasteiger partial charge in [-0.2, -0.15) is 4.31 Å². The highest BCUT2D eigenvalue weighted by molar-refractivity contribution is 7.89. The van der Waals surface area contributed by atoms with Gasteiger partial charge in [0.05, 0.1) is 17.1 Å². The highest BCUT2D eigenvalue weighted by Crippen LogP contribution is 2.29. The quantitative estimate of drug-likeness (QED) is 0.717. The molecule has 1 N–H and O–H groups in total. The molecule has 10 heteroatoms. The van der Waals surface area contributed by atoms with Gasteiger partial charge in [-0.15, -0.1) is 11.3 Å². The fourth-order valence-electron chi connectivity index (χ4n) is 3.00. The number of halogens is 1. The summed E-state index contributed by atoms with van der Waals surface area (Å²) in [5, 5.41) is 4.60. The van der Waals surface area contributed by atoms with Gasteiger partial charge in [0.25, 0.3) is 0 Å². The molecule has 2 heterocycles. The first-order valence-electron chi connectivity index (χ1n) is 8.67.